The Hall–Kier alpha value is -1.31. The Morgan fingerprint density at radius 2 is 2.00 bits per heavy atom. The van der Waals surface area contributed by atoms with Crippen LogP contribution in [0.5, 0.6) is 5.75 Å². The highest BCUT2D eigenvalue weighted by Gasteiger charge is 2.19. The number of likely N-dealkylation sites (tertiary alicyclic amines) is 1. The number of carboxylic acid groups (broad SMARTS) is 1. The molecule has 5 nitrogen and oxygen atoms in total. The molecule has 0 unspecified atom stereocenters. The van der Waals surface area contributed by atoms with Gasteiger partial charge in [-0.15, -0.1) is 0 Å². The van der Waals surface area contributed by atoms with Crippen molar-refractivity contribution in [3.05, 3.63) is 27.3 Å². The first kappa shape index (κ1) is 14.1. The molecular weight excluding hydrogens is 361 g/mol. The number of carbonyl (C=O) groups excluding carboxylic acids is 1. The molecule has 2 rings (SSSR count). The lowest BCUT2D eigenvalue weighted by atomic mass is 10.2. The Morgan fingerprint density at radius 1 is 1.32 bits per heavy atom. The summed E-state index contributed by atoms with van der Waals surface area (Å²) in [6.45, 7) is 1.42. The molecule has 102 valence electrons. The minimum atomic E-state index is -1.05. The van der Waals surface area contributed by atoms with Gasteiger partial charge in [0.25, 0.3) is 5.91 Å². The summed E-state index contributed by atoms with van der Waals surface area (Å²) in [6.07, 6.45) is 2.05. The number of carbonyl (C=O) groups is 2. The van der Waals surface area contributed by atoms with Crippen LogP contribution in [0.1, 0.15) is 23.2 Å². The van der Waals surface area contributed by atoms with Gasteiger partial charge in [-0.2, -0.15) is 0 Å². The molecule has 0 spiro atoms. The largest absolute Gasteiger partial charge is 0.483 e. The minimum Gasteiger partial charge on any atom is -0.483 e. The third-order valence-corrected chi connectivity index (χ3v) is 3.65. The van der Waals surface area contributed by atoms with Gasteiger partial charge >= 0.3 is 5.97 Å². The summed E-state index contributed by atoms with van der Waals surface area (Å²) in [6, 6.07) is 4.86. The van der Waals surface area contributed by atoms with Crippen LogP contribution in [0.3, 0.4) is 0 Å². The summed E-state index contributed by atoms with van der Waals surface area (Å²) in [5.41, 5.74) is 0.0844. The van der Waals surface area contributed by atoms with E-state index in [-0.39, 0.29) is 23.8 Å². The van der Waals surface area contributed by atoms with Gasteiger partial charge in [0.1, 0.15) is 11.3 Å². The average molecular weight is 375 g/mol. The molecule has 0 aromatic heterocycles. The second-order valence-electron chi connectivity index (χ2n) is 4.32. The Balaban J connectivity index is 2.02. The number of ether oxygens (including phenoxy) is 1. The fourth-order valence-corrected chi connectivity index (χ4v) is 2.48. The van der Waals surface area contributed by atoms with Gasteiger partial charge in [-0.25, -0.2) is 4.79 Å². The van der Waals surface area contributed by atoms with Gasteiger partial charge in [0.05, 0.1) is 0 Å². The second kappa shape index (κ2) is 6.23. The first-order chi connectivity index (χ1) is 9.08. The molecule has 1 aliphatic heterocycles. The molecule has 1 heterocycles. The van der Waals surface area contributed by atoms with Crippen LogP contribution in [0.2, 0.25) is 0 Å². The molecule has 0 aliphatic carbocycles. The van der Waals surface area contributed by atoms with Crippen LogP contribution >= 0.6 is 22.6 Å². The number of nitrogens with zero attached hydrogens (tertiary/aromatic N) is 1. The van der Waals surface area contributed by atoms with E-state index in [0.29, 0.717) is 0 Å². The summed E-state index contributed by atoms with van der Waals surface area (Å²) >= 11 is 2.03. The first-order valence-electron chi connectivity index (χ1n) is 6.01. The summed E-state index contributed by atoms with van der Waals surface area (Å²) in [7, 11) is 0. The Kier molecular flexibility index (Phi) is 4.62. The topological polar surface area (TPSA) is 66.8 Å². The van der Waals surface area contributed by atoms with E-state index >= 15 is 0 Å². The summed E-state index contributed by atoms with van der Waals surface area (Å²) < 4.78 is 6.17. The van der Waals surface area contributed by atoms with Crippen LogP contribution in [-0.2, 0) is 4.79 Å². The fourth-order valence-electron chi connectivity index (χ4n) is 1.99. The first-order valence-corrected chi connectivity index (χ1v) is 7.09. The maximum absolute atomic E-state index is 11.8. The summed E-state index contributed by atoms with van der Waals surface area (Å²) in [5, 5.41) is 9.09. The molecule has 0 saturated carbocycles. The van der Waals surface area contributed by atoms with Crippen LogP contribution in [-0.4, -0.2) is 41.6 Å². The van der Waals surface area contributed by atoms with Crippen molar-refractivity contribution < 1.29 is 19.4 Å². The lowest BCUT2D eigenvalue weighted by molar-refractivity contribution is -0.132. The van der Waals surface area contributed by atoms with Crippen molar-refractivity contribution in [3.63, 3.8) is 0 Å². The highest BCUT2D eigenvalue weighted by molar-refractivity contribution is 14.1. The molecular formula is C13H14INO4. The van der Waals surface area contributed by atoms with Crippen LogP contribution in [0.4, 0.5) is 0 Å². The lowest BCUT2D eigenvalue weighted by Crippen LogP contribution is -2.32. The van der Waals surface area contributed by atoms with Gasteiger partial charge < -0.3 is 14.7 Å². The smallest absolute Gasteiger partial charge is 0.339 e. The number of hydrogen-bond donors (Lipinski definition) is 1. The van der Waals surface area contributed by atoms with Gasteiger partial charge in [-0.1, -0.05) is 0 Å². The second-order valence-corrected chi connectivity index (χ2v) is 5.57. The zero-order chi connectivity index (χ0) is 13.8. The predicted octanol–water partition coefficient (Wildman–Crippen LogP) is 1.99. The third kappa shape index (κ3) is 3.59. The van der Waals surface area contributed by atoms with Gasteiger partial charge in [0.2, 0.25) is 0 Å². The van der Waals surface area contributed by atoms with Gasteiger partial charge in [-0.3, -0.25) is 4.79 Å². The van der Waals surface area contributed by atoms with Crippen molar-refractivity contribution in [2.75, 3.05) is 19.7 Å². The highest BCUT2D eigenvalue weighted by Crippen LogP contribution is 2.21. The Labute approximate surface area is 124 Å². The van der Waals surface area contributed by atoms with Gasteiger partial charge in [0, 0.05) is 16.7 Å². The summed E-state index contributed by atoms with van der Waals surface area (Å²) in [4.78, 5) is 24.7. The lowest BCUT2D eigenvalue weighted by Gasteiger charge is -2.16. The van der Waals surface area contributed by atoms with E-state index in [2.05, 4.69) is 0 Å². The maximum Gasteiger partial charge on any atom is 0.339 e. The van der Waals surface area contributed by atoms with Crippen molar-refractivity contribution in [3.8, 4) is 5.75 Å². The van der Waals surface area contributed by atoms with E-state index in [1.165, 1.54) is 6.07 Å². The number of aromatic carboxylic acids is 1. The van der Waals surface area contributed by atoms with Gasteiger partial charge in [-0.05, 0) is 53.6 Å². The highest BCUT2D eigenvalue weighted by atomic mass is 127. The summed E-state index contributed by atoms with van der Waals surface area (Å²) in [5.74, 6) is -0.907. The molecule has 1 aliphatic rings. The van der Waals surface area contributed by atoms with E-state index in [1.54, 1.807) is 17.0 Å². The quantitative estimate of drug-likeness (QED) is 0.818. The van der Waals surface area contributed by atoms with Crippen LogP contribution < -0.4 is 4.74 Å². The molecule has 1 fully saturated rings. The number of carboxylic acids is 1. The molecule has 0 bridgehead atoms. The van der Waals surface area contributed by atoms with Crippen molar-refractivity contribution in [1.82, 2.24) is 4.90 Å². The minimum absolute atomic E-state index is 0.0844. The van der Waals surface area contributed by atoms with E-state index in [0.717, 1.165) is 29.5 Å². The molecule has 19 heavy (non-hydrogen) atoms. The number of hydrogen-bond acceptors (Lipinski definition) is 3. The molecule has 1 aromatic rings. The molecule has 1 N–H and O–H groups in total. The van der Waals surface area contributed by atoms with E-state index < -0.39 is 5.97 Å². The van der Waals surface area contributed by atoms with Crippen LogP contribution in [0, 0.1) is 3.57 Å². The normalized spacial score (nSPS) is 14.5. The monoisotopic (exact) mass is 375 g/mol. The average Bonchev–Trinajstić information content (AvgIpc) is 2.90. The van der Waals surface area contributed by atoms with E-state index in [1.807, 2.05) is 22.6 Å². The molecule has 1 amide bonds. The maximum atomic E-state index is 11.8. The number of halogens is 1. The van der Waals surface area contributed by atoms with E-state index in [9.17, 15) is 9.59 Å². The van der Waals surface area contributed by atoms with Crippen molar-refractivity contribution in [2.45, 2.75) is 12.8 Å². The van der Waals surface area contributed by atoms with Crippen molar-refractivity contribution in [2.24, 2.45) is 0 Å². The van der Waals surface area contributed by atoms with Crippen molar-refractivity contribution in [1.29, 1.82) is 0 Å². The SMILES string of the molecule is O=C(O)c1cc(I)ccc1OCC(=O)N1CCCC1. The number of benzene rings is 1. The number of amides is 1. The van der Waals surface area contributed by atoms with Gasteiger partial charge in [0.15, 0.2) is 6.61 Å². The molecule has 0 radical (unpaired) electrons. The number of rotatable bonds is 4. The van der Waals surface area contributed by atoms with Crippen LogP contribution in [0.25, 0.3) is 0 Å². The zero-order valence-electron chi connectivity index (χ0n) is 10.3. The van der Waals surface area contributed by atoms with E-state index in [4.69, 9.17) is 9.84 Å². The predicted molar refractivity (Wildman–Crippen MR) is 77.4 cm³/mol. The Morgan fingerprint density at radius 3 is 2.63 bits per heavy atom. The third-order valence-electron chi connectivity index (χ3n) is 2.98. The Bertz CT molecular complexity index is 497. The fraction of sp³-hybridized carbons (Fsp3) is 0.385. The molecule has 6 heteroatoms. The van der Waals surface area contributed by atoms with Crippen molar-refractivity contribution >= 4 is 34.5 Å². The zero-order valence-corrected chi connectivity index (χ0v) is 12.4. The molecule has 1 saturated heterocycles. The van der Waals surface area contributed by atoms with Crippen LogP contribution in [0.15, 0.2) is 18.2 Å². The molecule has 1 aromatic carbocycles. The standard InChI is InChI=1S/C13H14INO4/c14-9-3-4-11(10(7-9)13(17)18)19-8-12(16)15-5-1-2-6-15/h3-4,7H,1-2,5-6,8H2,(H,17,18). The molecule has 0 atom stereocenters.